The summed E-state index contributed by atoms with van der Waals surface area (Å²) in [4.78, 5) is 2.56. The van der Waals surface area contributed by atoms with Crippen molar-refractivity contribution in [3.63, 3.8) is 0 Å². The van der Waals surface area contributed by atoms with E-state index in [0.717, 1.165) is 6.54 Å². The molecule has 1 aromatic carbocycles. The van der Waals surface area contributed by atoms with Crippen LogP contribution in [0.4, 0.5) is 0 Å². The fraction of sp³-hybridized carbons (Fsp3) is 0.625. The van der Waals surface area contributed by atoms with E-state index < -0.39 is 0 Å². The zero-order valence-corrected chi connectivity index (χ0v) is 12.6. The molecule has 3 rings (SSSR count). The highest BCUT2D eigenvalue weighted by molar-refractivity contribution is 5.85. The summed E-state index contributed by atoms with van der Waals surface area (Å²) in [5, 5.41) is 0. The monoisotopic (exact) mass is 280 g/mol. The number of hydrogen-bond acceptors (Lipinski definition) is 2. The second-order valence-electron chi connectivity index (χ2n) is 6.10. The second-order valence-corrected chi connectivity index (χ2v) is 6.10. The minimum atomic E-state index is 0. The number of rotatable bonds is 3. The number of nitrogens with two attached hydrogens (primary N) is 1. The third-order valence-electron chi connectivity index (χ3n) is 4.62. The number of halogens is 1. The maximum absolute atomic E-state index is 6.00. The first-order valence-electron chi connectivity index (χ1n) is 7.31. The van der Waals surface area contributed by atoms with Gasteiger partial charge in [0.2, 0.25) is 0 Å². The second kappa shape index (κ2) is 6.25. The lowest BCUT2D eigenvalue weighted by molar-refractivity contribution is 0.308. The molecule has 0 aromatic heterocycles. The first-order chi connectivity index (χ1) is 8.72. The van der Waals surface area contributed by atoms with E-state index in [-0.39, 0.29) is 12.4 Å². The number of fused-ring (bicyclic) bond motifs is 1. The van der Waals surface area contributed by atoms with E-state index in [9.17, 15) is 0 Å². The zero-order valence-electron chi connectivity index (χ0n) is 11.8. The minimum absolute atomic E-state index is 0. The SMILES string of the molecule is CC(N)C1CCN(Cc2ccc3c(c2)CCC3)C1.Cl. The van der Waals surface area contributed by atoms with Gasteiger partial charge < -0.3 is 5.73 Å². The van der Waals surface area contributed by atoms with Crippen molar-refractivity contribution in [3.8, 4) is 0 Å². The molecule has 19 heavy (non-hydrogen) atoms. The maximum Gasteiger partial charge on any atom is 0.0233 e. The lowest BCUT2D eigenvalue weighted by Gasteiger charge is -2.18. The van der Waals surface area contributed by atoms with Crippen molar-refractivity contribution in [1.29, 1.82) is 0 Å². The first-order valence-corrected chi connectivity index (χ1v) is 7.31. The van der Waals surface area contributed by atoms with Crippen LogP contribution in [0, 0.1) is 5.92 Å². The molecule has 2 nitrogen and oxygen atoms in total. The van der Waals surface area contributed by atoms with E-state index in [1.54, 1.807) is 11.1 Å². The predicted octanol–water partition coefficient (Wildman–Crippen LogP) is 2.77. The summed E-state index contributed by atoms with van der Waals surface area (Å²) in [7, 11) is 0. The normalized spacial score (nSPS) is 24.0. The molecule has 3 heteroatoms. The number of aryl methyl sites for hydroxylation is 2. The van der Waals surface area contributed by atoms with Gasteiger partial charge in [-0.05, 0) is 61.8 Å². The Morgan fingerprint density at radius 1 is 1.32 bits per heavy atom. The van der Waals surface area contributed by atoms with Crippen LogP contribution in [0.1, 0.15) is 36.5 Å². The molecule has 2 aliphatic rings. The molecule has 1 aliphatic heterocycles. The summed E-state index contributed by atoms with van der Waals surface area (Å²) in [6.45, 7) is 5.64. The molecule has 1 aliphatic carbocycles. The molecular weight excluding hydrogens is 256 g/mol. The van der Waals surface area contributed by atoms with Crippen LogP contribution in [-0.4, -0.2) is 24.0 Å². The Bertz CT molecular complexity index is 431. The molecule has 2 unspecified atom stereocenters. The van der Waals surface area contributed by atoms with Crippen LogP contribution >= 0.6 is 12.4 Å². The molecule has 0 radical (unpaired) electrons. The standard InChI is InChI=1S/C16H24N2.ClH/c1-12(17)16-7-8-18(11-16)10-13-5-6-14-3-2-4-15(14)9-13;/h5-6,9,12,16H,2-4,7-8,10-11,17H2,1H3;1H. The summed E-state index contributed by atoms with van der Waals surface area (Å²) in [6, 6.07) is 7.44. The summed E-state index contributed by atoms with van der Waals surface area (Å²) in [6.07, 6.45) is 5.18. The average Bonchev–Trinajstić information content (AvgIpc) is 2.96. The smallest absolute Gasteiger partial charge is 0.0233 e. The van der Waals surface area contributed by atoms with Crippen molar-refractivity contribution < 1.29 is 0 Å². The van der Waals surface area contributed by atoms with E-state index in [2.05, 4.69) is 30.0 Å². The number of likely N-dealkylation sites (tertiary alicyclic amines) is 1. The molecule has 106 valence electrons. The van der Waals surface area contributed by atoms with Crippen molar-refractivity contribution in [3.05, 3.63) is 34.9 Å². The Morgan fingerprint density at radius 2 is 2.11 bits per heavy atom. The number of benzene rings is 1. The van der Waals surface area contributed by atoms with Gasteiger partial charge in [0.05, 0.1) is 0 Å². The van der Waals surface area contributed by atoms with Gasteiger partial charge in [-0.15, -0.1) is 12.4 Å². The van der Waals surface area contributed by atoms with Gasteiger partial charge in [-0.1, -0.05) is 18.2 Å². The van der Waals surface area contributed by atoms with Gasteiger partial charge in [-0.25, -0.2) is 0 Å². The van der Waals surface area contributed by atoms with Crippen molar-refractivity contribution in [1.82, 2.24) is 4.90 Å². The molecule has 2 N–H and O–H groups in total. The molecular formula is C16H25ClN2. The molecule has 0 spiro atoms. The van der Waals surface area contributed by atoms with Gasteiger partial charge in [-0.2, -0.15) is 0 Å². The summed E-state index contributed by atoms with van der Waals surface area (Å²) >= 11 is 0. The molecule has 0 bridgehead atoms. The average molecular weight is 281 g/mol. The fourth-order valence-corrected chi connectivity index (χ4v) is 3.42. The fourth-order valence-electron chi connectivity index (χ4n) is 3.42. The van der Waals surface area contributed by atoms with Gasteiger partial charge in [0, 0.05) is 19.1 Å². The van der Waals surface area contributed by atoms with E-state index in [4.69, 9.17) is 5.73 Å². The Morgan fingerprint density at radius 3 is 2.84 bits per heavy atom. The predicted molar refractivity (Wildman–Crippen MR) is 82.7 cm³/mol. The van der Waals surface area contributed by atoms with Crippen LogP contribution in [0.3, 0.4) is 0 Å². The van der Waals surface area contributed by atoms with Crippen LogP contribution in [0.25, 0.3) is 0 Å². The van der Waals surface area contributed by atoms with Crippen molar-refractivity contribution in [2.75, 3.05) is 13.1 Å². The molecule has 0 saturated carbocycles. The number of hydrogen-bond donors (Lipinski definition) is 1. The van der Waals surface area contributed by atoms with Crippen LogP contribution < -0.4 is 5.73 Å². The molecule has 1 fully saturated rings. The van der Waals surface area contributed by atoms with Crippen LogP contribution in [0.2, 0.25) is 0 Å². The highest BCUT2D eigenvalue weighted by Crippen LogP contribution is 2.25. The van der Waals surface area contributed by atoms with Gasteiger partial charge in [0.1, 0.15) is 0 Å². The highest BCUT2D eigenvalue weighted by Gasteiger charge is 2.25. The summed E-state index contributed by atoms with van der Waals surface area (Å²) in [5.74, 6) is 0.694. The molecule has 1 saturated heterocycles. The van der Waals surface area contributed by atoms with Gasteiger partial charge in [-0.3, -0.25) is 4.90 Å². The summed E-state index contributed by atoms with van der Waals surface area (Å²) in [5.41, 5.74) is 10.7. The van der Waals surface area contributed by atoms with E-state index >= 15 is 0 Å². The molecule has 1 aromatic rings. The third kappa shape index (κ3) is 3.31. The number of nitrogens with zero attached hydrogens (tertiary/aromatic N) is 1. The van der Waals surface area contributed by atoms with Gasteiger partial charge >= 0.3 is 0 Å². The van der Waals surface area contributed by atoms with Crippen LogP contribution in [-0.2, 0) is 19.4 Å². The van der Waals surface area contributed by atoms with E-state index in [1.807, 2.05) is 0 Å². The van der Waals surface area contributed by atoms with Gasteiger partial charge in [0.25, 0.3) is 0 Å². The Balaban J connectivity index is 0.00000133. The maximum atomic E-state index is 6.00. The van der Waals surface area contributed by atoms with Gasteiger partial charge in [0.15, 0.2) is 0 Å². The lowest BCUT2D eigenvalue weighted by Crippen LogP contribution is -2.29. The third-order valence-corrected chi connectivity index (χ3v) is 4.62. The molecule has 0 amide bonds. The Labute approximate surface area is 122 Å². The minimum Gasteiger partial charge on any atom is -0.328 e. The lowest BCUT2D eigenvalue weighted by atomic mass is 10.0. The van der Waals surface area contributed by atoms with Crippen molar-refractivity contribution in [2.24, 2.45) is 11.7 Å². The van der Waals surface area contributed by atoms with Crippen LogP contribution in [0.15, 0.2) is 18.2 Å². The summed E-state index contributed by atoms with van der Waals surface area (Å²) < 4.78 is 0. The quantitative estimate of drug-likeness (QED) is 0.923. The largest absolute Gasteiger partial charge is 0.328 e. The highest BCUT2D eigenvalue weighted by atomic mass is 35.5. The van der Waals surface area contributed by atoms with Crippen molar-refractivity contribution in [2.45, 2.75) is 45.2 Å². The van der Waals surface area contributed by atoms with E-state index in [0.29, 0.717) is 12.0 Å². The molecule has 1 heterocycles. The Hall–Kier alpha value is -0.570. The van der Waals surface area contributed by atoms with E-state index in [1.165, 1.54) is 44.3 Å². The zero-order chi connectivity index (χ0) is 12.5. The first kappa shape index (κ1) is 14.8. The van der Waals surface area contributed by atoms with Crippen LogP contribution in [0.5, 0.6) is 0 Å². The topological polar surface area (TPSA) is 29.3 Å². The Kier molecular flexibility index (Phi) is 4.88. The van der Waals surface area contributed by atoms with Crippen molar-refractivity contribution >= 4 is 12.4 Å². The molecule has 2 atom stereocenters.